The monoisotopic (exact) mass is 281 g/mol. The molecule has 1 aliphatic heterocycles. The van der Waals surface area contributed by atoms with E-state index in [0.717, 1.165) is 11.8 Å². The molecule has 0 aliphatic carbocycles. The smallest absolute Gasteiger partial charge is 0.398 e. The molecule has 1 saturated heterocycles. The fourth-order valence-corrected chi connectivity index (χ4v) is 2.15. The Hall–Kier alpha value is -0.905. The number of rotatable bonds is 3. The molecule has 1 fully saturated rings. The summed E-state index contributed by atoms with van der Waals surface area (Å²) >= 11 is 6.27. The van der Waals surface area contributed by atoms with Gasteiger partial charge in [0.15, 0.2) is 0 Å². The molecule has 6 heteroatoms. The first-order valence-corrected chi connectivity index (χ1v) is 6.59. The molecular weight excluding hydrogens is 264 g/mol. The Labute approximate surface area is 118 Å². The molecule has 0 aromatic carbocycles. The lowest BCUT2D eigenvalue weighted by atomic mass is 9.83. The largest absolute Gasteiger partial charge is 0.516 e. The number of pyridine rings is 1. The number of carbonyl (C=O) groups excluding carboxylic acids is 1. The van der Waals surface area contributed by atoms with Crippen molar-refractivity contribution in [2.24, 2.45) is 0 Å². The summed E-state index contributed by atoms with van der Waals surface area (Å²) in [6.45, 7) is 7.87. The summed E-state index contributed by atoms with van der Waals surface area (Å²) in [6, 6.07) is 1.73. The van der Waals surface area contributed by atoms with Gasteiger partial charge in [-0.25, -0.2) is 0 Å². The Kier molecular flexibility index (Phi) is 3.73. The van der Waals surface area contributed by atoms with E-state index in [1.165, 1.54) is 0 Å². The first-order chi connectivity index (χ1) is 8.78. The third-order valence-electron chi connectivity index (χ3n) is 3.78. The van der Waals surface area contributed by atoms with Crippen LogP contribution in [0.4, 0.5) is 0 Å². The zero-order valence-electron chi connectivity index (χ0n) is 11.6. The highest BCUT2D eigenvalue weighted by Crippen LogP contribution is 2.36. The molecule has 0 atom stereocenters. The molecule has 102 valence electrons. The van der Waals surface area contributed by atoms with E-state index < -0.39 is 18.3 Å². The van der Waals surface area contributed by atoms with Gasteiger partial charge in [0, 0.05) is 12.6 Å². The molecule has 1 aromatic heterocycles. The Bertz CT molecular complexity index is 489. The molecule has 0 spiro atoms. The van der Waals surface area contributed by atoms with Crippen LogP contribution in [-0.4, -0.2) is 29.6 Å². The number of aromatic nitrogens is 1. The van der Waals surface area contributed by atoms with Crippen LogP contribution < -0.4 is 5.59 Å². The highest BCUT2D eigenvalue weighted by molar-refractivity contribution is 6.64. The second kappa shape index (κ2) is 4.89. The van der Waals surface area contributed by atoms with E-state index in [-0.39, 0.29) is 6.42 Å². The molecule has 0 saturated carbocycles. The van der Waals surface area contributed by atoms with Gasteiger partial charge in [0.25, 0.3) is 0 Å². The van der Waals surface area contributed by atoms with Gasteiger partial charge in [0.1, 0.15) is 6.29 Å². The third kappa shape index (κ3) is 2.55. The van der Waals surface area contributed by atoms with Crippen LogP contribution in [0.3, 0.4) is 0 Å². The maximum absolute atomic E-state index is 10.6. The normalized spacial score (nSPS) is 20.6. The zero-order valence-corrected chi connectivity index (χ0v) is 12.3. The Morgan fingerprint density at radius 2 is 1.89 bits per heavy atom. The van der Waals surface area contributed by atoms with Gasteiger partial charge < -0.3 is 14.1 Å². The van der Waals surface area contributed by atoms with E-state index in [2.05, 4.69) is 4.98 Å². The van der Waals surface area contributed by atoms with Crippen molar-refractivity contribution in [3.05, 3.63) is 22.8 Å². The van der Waals surface area contributed by atoms with Gasteiger partial charge in [-0.15, -0.1) is 0 Å². The van der Waals surface area contributed by atoms with Gasteiger partial charge in [-0.1, -0.05) is 11.6 Å². The van der Waals surface area contributed by atoms with Gasteiger partial charge in [-0.3, -0.25) is 4.98 Å². The van der Waals surface area contributed by atoms with Crippen LogP contribution >= 0.6 is 11.6 Å². The van der Waals surface area contributed by atoms with E-state index in [1.54, 1.807) is 12.3 Å². The van der Waals surface area contributed by atoms with Crippen molar-refractivity contribution >= 4 is 30.6 Å². The number of halogens is 1. The molecule has 0 N–H and O–H groups in total. The Balaban J connectivity index is 2.34. The zero-order chi connectivity index (χ0) is 14.3. The SMILES string of the molecule is CC1(C)OB(c2nccc(CC=O)c2Cl)OC1(C)C. The van der Waals surface area contributed by atoms with Crippen LogP contribution in [0, 0.1) is 0 Å². The summed E-state index contributed by atoms with van der Waals surface area (Å²) < 4.78 is 11.8. The van der Waals surface area contributed by atoms with Crippen LogP contribution in [0.25, 0.3) is 0 Å². The van der Waals surface area contributed by atoms with Crippen molar-refractivity contribution < 1.29 is 14.1 Å². The molecule has 1 aliphatic rings. The number of hydrogen-bond donors (Lipinski definition) is 0. The second-order valence-electron chi connectivity index (χ2n) is 5.63. The van der Waals surface area contributed by atoms with Crippen LogP contribution in [0.15, 0.2) is 12.3 Å². The minimum Gasteiger partial charge on any atom is -0.398 e. The summed E-state index contributed by atoms with van der Waals surface area (Å²) in [5.74, 6) is 0. The maximum atomic E-state index is 10.6. The summed E-state index contributed by atoms with van der Waals surface area (Å²) in [4.78, 5) is 14.9. The van der Waals surface area contributed by atoms with Crippen molar-refractivity contribution in [2.75, 3.05) is 0 Å². The van der Waals surface area contributed by atoms with E-state index in [4.69, 9.17) is 20.9 Å². The lowest BCUT2D eigenvalue weighted by Crippen LogP contribution is -2.41. The van der Waals surface area contributed by atoms with Crippen molar-refractivity contribution in [3.8, 4) is 0 Å². The molecule has 0 amide bonds. The first-order valence-electron chi connectivity index (χ1n) is 6.21. The Morgan fingerprint density at radius 1 is 1.32 bits per heavy atom. The molecular formula is C13H17BClNO3. The van der Waals surface area contributed by atoms with Crippen molar-refractivity contribution in [1.29, 1.82) is 0 Å². The van der Waals surface area contributed by atoms with Gasteiger partial charge in [-0.2, -0.15) is 0 Å². The molecule has 2 heterocycles. The van der Waals surface area contributed by atoms with Gasteiger partial charge >= 0.3 is 7.12 Å². The number of nitrogens with zero attached hydrogens (tertiary/aromatic N) is 1. The molecule has 2 rings (SSSR count). The molecule has 0 unspecified atom stereocenters. The predicted octanol–water partition coefficient (Wildman–Crippen LogP) is 1.78. The van der Waals surface area contributed by atoms with Crippen LogP contribution in [-0.2, 0) is 20.5 Å². The fraction of sp³-hybridized carbons (Fsp3) is 0.538. The standard InChI is InChI=1S/C13H17BClNO3/c1-12(2)13(3,4)19-14(18-12)11-10(15)9(6-8-17)5-7-16-11/h5,7-8H,6H2,1-4H3. The quantitative estimate of drug-likeness (QED) is 0.626. The summed E-state index contributed by atoms with van der Waals surface area (Å²) in [6.07, 6.45) is 2.69. The Morgan fingerprint density at radius 3 is 2.42 bits per heavy atom. The van der Waals surface area contributed by atoms with Crippen molar-refractivity contribution in [1.82, 2.24) is 4.98 Å². The first kappa shape index (κ1) is 14.5. The third-order valence-corrected chi connectivity index (χ3v) is 4.21. The van der Waals surface area contributed by atoms with Crippen LogP contribution in [0.5, 0.6) is 0 Å². The lowest BCUT2D eigenvalue weighted by Gasteiger charge is -2.32. The highest BCUT2D eigenvalue weighted by atomic mass is 35.5. The molecule has 4 nitrogen and oxygen atoms in total. The van der Waals surface area contributed by atoms with E-state index in [1.807, 2.05) is 27.7 Å². The van der Waals surface area contributed by atoms with Crippen molar-refractivity contribution in [3.63, 3.8) is 0 Å². The van der Waals surface area contributed by atoms with Crippen molar-refractivity contribution in [2.45, 2.75) is 45.3 Å². The minimum atomic E-state index is -0.607. The van der Waals surface area contributed by atoms with Crippen LogP contribution in [0.1, 0.15) is 33.3 Å². The van der Waals surface area contributed by atoms with Gasteiger partial charge in [0.2, 0.25) is 0 Å². The summed E-state index contributed by atoms with van der Waals surface area (Å²) in [5.41, 5.74) is 0.378. The van der Waals surface area contributed by atoms with E-state index in [9.17, 15) is 4.79 Å². The van der Waals surface area contributed by atoms with Crippen LogP contribution in [0.2, 0.25) is 5.02 Å². The average molecular weight is 282 g/mol. The average Bonchev–Trinajstić information content (AvgIpc) is 2.51. The molecule has 0 radical (unpaired) electrons. The molecule has 0 bridgehead atoms. The topological polar surface area (TPSA) is 48.4 Å². The lowest BCUT2D eigenvalue weighted by molar-refractivity contribution is -0.107. The fourth-order valence-electron chi connectivity index (χ4n) is 1.87. The van der Waals surface area contributed by atoms with E-state index >= 15 is 0 Å². The minimum absolute atomic E-state index is 0.258. The number of aldehydes is 1. The van der Waals surface area contributed by atoms with Gasteiger partial charge in [0.05, 0.1) is 21.8 Å². The summed E-state index contributed by atoms with van der Waals surface area (Å²) in [7, 11) is -0.607. The number of hydrogen-bond acceptors (Lipinski definition) is 4. The second-order valence-corrected chi connectivity index (χ2v) is 6.01. The maximum Gasteiger partial charge on any atom is 0.516 e. The van der Waals surface area contributed by atoms with E-state index in [0.29, 0.717) is 10.6 Å². The number of carbonyl (C=O) groups is 1. The van der Waals surface area contributed by atoms with Gasteiger partial charge in [-0.05, 0) is 39.3 Å². The summed E-state index contributed by atoms with van der Waals surface area (Å²) in [5, 5.41) is 0.438. The molecule has 19 heavy (non-hydrogen) atoms. The molecule has 1 aromatic rings. The highest BCUT2D eigenvalue weighted by Gasteiger charge is 2.53. The predicted molar refractivity (Wildman–Crippen MR) is 74.7 cm³/mol.